The Morgan fingerprint density at radius 3 is 2.69 bits per heavy atom. The molecule has 0 aromatic heterocycles. The number of nitro benzene ring substituents is 1. The molecule has 0 unspecified atom stereocenters. The van der Waals surface area contributed by atoms with Crippen LogP contribution in [0.1, 0.15) is 21.5 Å². The van der Waals surface area contributed by atoms with Crippen molar-refractivity contribution in [1.29, 1.82) is 0 Å². The van der Waals surface area contributed by atoms with E-state index in [2.05, 4.69) is 5.32 Å². The summed E-state index contributed by atoms with van der Waals surface area (Å²) in [5.74, 6) is 0.967. The lowest BCUT2D eigenvalue weighted by atomic mass is 10.1. The van der Waals surface area contributed by atoms with E-state index in [1.807, 2.05) is 30.3 Å². The fraction of sp³-hybridized carbons (Fsp3) is 0.174. The number of hydrogen-bond donors (Lipinski definition) is 1. The van der Waals surface area contributed by atoms with E-state index in [-0.39, 0.29) is 24.0 Å². The predicted octanol–water partition coefficient (Wildman–Crippen LogP) is 4.86. The highest BCUT2D eigenvalue weighted by Gasteiger charge is 2.21. The SMILES string of the molecule is CN(Cc1ccc2c(c1)OCO2)C(=O)c1ccc(NCc2ccccc2Cl)c([N+](=O)[O-])c1. The summed E-state index contributed by atoms with van der Waals surface area (Å²) in [6.07, 6.45) is 0. The maximum Gasteiger partial charge on any atom is 0.293 e. The molecule has 0 radical (unpaired) electrons. The van der Waals surface area contributed by atoms with Gasteiger partial charge in [0.15, 0.2) is 11.5 Å². The van der Waals surface area contributed by atoms with Gasteiger partial charge in [-0.05, 0) is 41.5 Å². The summed E-state index contributed by atoms with van der Waals surface area (Å²) in [5.41, 5.74) is 2.03. The lowest BCUT2D eigenvalue weighted by Gasteiger charge is -2.18. The molecular weight excluding hydrogens is 434 g/mol. The molecule has 3 aromatic rings. The Morgan fingerprint density at radius 1 is 1.12 bits per heavy atom. The van der Waals surface area contributed by atoms with Crippen molar-refractivity contribution in [1.82, 2.24) is 4.90 Å². The first-order chi connectivity index (χ1) is 15.4. The maximum absolute atomic E-state index is 12.9. The Kier molecular flexibility index (Phi) is 6.13. The second kappa shape index (κ2) is 9.15. The Labute approximate surface area is 189 Å². The minimum Gasteiger partial charge on any atom is -0.454 e. The summed E-state index contributed by atoms with van der Waals surface area (Å²) >= 11 is 6.15. The molecule has 1 N–H and O–H groups in total. The number of hydrogen-bond acceptors (Lipinski definition) is 6. The second-order valence-electron chi connectivity index (χ2n) is 7.28. The third kappa shape index (κ3) is 4.60. The fourth-order valence-corrected chi connectivity index (χ4v) is 3.61. The van der Waals surface area contributed by atoms with Crippen LogP contribution in [0, 0.1) is 10.1 Å². The van der Waals surface area contributed by atoms with Gasteiger partial charge in [0.2, 0.25) is 6.79 Å². The number of ether oxygens (including phenoxy) is 2. The minimum atomic E-state index is -0.510. The molecule has 0 saturated carbocycles. The molecular formula is C23H20ClN3O5. The highest BCUT2D eigenvalue weighted by molar-refractivity contribution is 6.31. The summed E-state index contributed by atoms with van der Waals surface area (Å²) in [6.45, 7) is 0.807. The molecule has 1 aliphatic heterocycles. The highest BCUT2D eigenvalue weighted by atomic mass is 35.5. The zero-order valence-electron chi connectivity index (χ0n) is 17.2. The minimum absolute atomic E-state index is 0.175. The molecule has 0 fully saturated rings. The van der Waals surface area contributed by atoms with Crippen LogP contribution in [0.4, 0.5) is 11.4 Å². The number of carbonyl (C=O) groups excluding carboxylic acids is 1. The molecule has 1 aliphatic rings. The van der Waals surface area contributed by atoms with Crippen LogP contribution >= 0.6 is 11.6 Å². The van der Waals surface area contributed by atoms with Crippen LogP contribution in [-0.4, -0.2) is 29.6 Å². The number of anilines is 1. The molecule has 1 heterocycles. The largest absolute Gasteiger partial charge is 0.454 e. The van der Waals surface area contributed by atoms with E-state index in [0.29, 0.717) is 35.3 Å². The average Bonchev–Trinajstić information content (AvgIpc) is 3.26. The van der Waals surface area contributed by atoms with Gasteiger partial charge < -0.3 is 19.7 Å². The first-order valence-electron chi connectivity index (χ1n) is 9.82. The third-order valence-corrected chi connectivity index (χ3v) is 5.44. The first-order valence-corrected chi connectivity index (χ1v) is 10.2. The molecule has 1 amide bonds. The van der Waals surface area contributed by atoms with Gasteiger partial charge >= 0.3 is 0 Å². The molecule has 0 atom stereocenters. The van der Waals surface area contributed by atoms with E-state index in [1.54, 1.807) is 25.2 Å². The Morgan fingerprint density at radius 2 is 1.91 bits per heavy atom. The molecule has 164 valence electrons. The number of nitrogens with one attached hydrogen (secondary N) is 1. The van der Waals surface area contributed by atoms with E-state index in [9.17, 15) is 14.9 Å². The number of nitro groups is 1. The number of amides is 1. The zero-order valence-corrected chi connectivity index (χ0v) is 18.0. The Bertz CT molecular complexity index is 1180. The number of benzene rings is 3. The Balaban J connectivity index is 1.49. The van der Waals surface area contributed by atoms with Crippen molar-refractivity contribution in [3.8, 4) is 11.5 Å². The van der Waals surface area contributed by atoms with Gasteiger partial charge in [0.1, 0.15) is 5.69 Å². The van der Waals surface area contributed by atoms with Gasteiger partial charge in [-0.2, -0.15) is 0 Å². The summed E-state index contributed by atoms with van der Waals surface area (Å²) in [7, 11) is 1.64. The molecule has 0 spiro atoms. The van der Waals surface area contributed by atoms with Crippen LogP contribution < -0.4 is 14.8 Å². The number of rotatable bonds is 7. The third-order valence-electron chi connectivity index (χ3n) is 5.07. The van der Waals surface area contributed by atoms with E-state index >= 15 is 0 Å². The average molecular weight is 454 g/mol. The summed E-state index contributed by atoms with van der Waals surface area (Å²) in [4.78, 5) is 25.5. The molecule has 32 heavy (non-hydrogen) atoms. The molecule has 0 bridgehead atoms. The van der Waals surface area contributed by atoms with Gasteiger partial charge in [-0.25, -0.2) is 0 Å². The van der Waals surface area contributed by atoms with Crippen molar-refractivity contribution >= 4 is 28.9 Å². The number of fused-ring (bicyclic) bond motifs is 1. The van der Waals surface area contributed by atoms with Crippen LogP contribution in [0.5, 0.6) is 11.5 Å². The second-order valence-corrected chi connectivity index (χ2v) is 7.69. The van der Waals surface area contributed by atoms with E-state index < -0.39 is 4.92 Å². The first kappa shape index (κ1) is 21.5. The summed E-state index contributed by atoms with van der Waals surface area (Å²) in [5, 5.41) is 15.2. The van der Waals surface area contributed by atoms with Crippen LogP contribution in [0.3, 0.4) is 0 Å². The Hall–Kier alpha value is -3.78. The number of nitrogens with zero attached hydrogens (tertiary/aromatic N) is 2. The molecule has 9 heteroatoms. The lowest BCUT2D eigenvalue weighted by molar-refractivity contribution is -0.384. The van der Waals surface area contributed by atoms with Crippen molar-refractivity contribution in [3.63, 3.8) is 0 Å². The fourth-order valence-electron chi connectivity index (χ4n) is 3.40. The molecule has 4 rings (SSSR count). The molecule has 3 aromatic carbocycles. The van der Waals surface area contributed by atoms with Crippen LogP contribution in [-0.2, 0) is 13.1 Å². The predicted molar refractivity (Wildman–Crippen MR) is 120 cm³/mol. The monoisotopic (exact) mass is 453 g/mol. The van der Waals surface area contributed by atoms with Gasteiger partial charge in [0, 0.05) is 36.8 Å². The van der Waals surface area contributed by atoms with E-state index in [1.165, 1.54) is 17.0 Å². The summed E-state index contributed by atoms with van der Waals surface area (Å²) in [6, 6.07) is 17.1. The summed E-state index contributed by atoms with van der Waals surface area (Å²) < 4.78 is 10.7. The van der Waals surface area contributed by atoms with Crippen molar-refractivity contribution in [2.24, 2.45) is 0 Å². The van der Waals surface area contributed by atoms with E-state index in [0.717, 1.165) is 11.1 Å². The molecule has 0 saturated heterocycles. The molecule has 8 nitrogen and oxygen atoms in total. The van der Waals surface area contributed by atoms with E-state index in [4.69, 9.17) is 21.1 Å². The number of halogens is 1. The zero-order chi connectivity index (χ0) is 22.7. The van der Waals surface area contributed by atoms with Crippen molar-refractivity contribution in [2.45, 2.75) is 13.1 Å². The van der Waals surface area contributed by atoms with Gasteiger partial charge in [0.25, 0.3) is 11.6 Å². The standard InChI is InChI=1S/C23H20ClN3O5/c1-26(13-15-6-9-21-22(10-15)32-14-31-21)23(28)16-7-8-19(20(11-16)27(29)30)25-12-17-4-2-3-5-18(17)24/h2-11,25H,12-14H2,1H3. The number of carbonyl (C=O) groups is 1. The normalized spacial score (nSPS) is 11.8. The maximum atomic E-state index is 12.9. The van der Waals surface area contributed by atoms with Crippen LogP contribution in [0.2, 0.25) is 5.02 Å². The van der Waals surface area contributed by atoms with Gasteiger partial charge in [-0.3, -0.25) is 14.9 Å². The smallest absolute Gasteiger partial charge is 0.293 e. The highest BCUT2D eigenvalue weighted by Crippen LogP contribution is 2.33. The van der Waals surface area contributed by atoms with Crippen LogP contribution in [0.25, 0.3) is 0 Å². The molecule has 0 aliphatic carbocycles. The van der Waals surface area contributed by atoms with Crippen molar-refractivity contribution in [3.05, 3.63) is 92.5 Å². The van der Waals surface area contributed by atoms with Gasteiger partial charge in [-0.15, -0.1) is 0 Å². The lowest BCUT2D eigenvalue weighted by Crippen LogP contribution is -2.26. The quantitative estimate of drug-likeness (QED) is 0.405. The van der Waals surface area contributed by atoms with Crippen molar-refractivity contribution in [2.75, 3.05) is 19.2 Å². The van der Waals surface area contributed by atoms with Crippen molar-refractivity contribution < 1.29 is 19.2 Å². The van der Waals surface area contributed by atoms with Gasteiger partial charge in [0.05, 0.1) is 4.92 Å². The van der Waals surface area contributed by atoms with Crippen LogP contribution in [0.15, 0.2) is 60.7 Å². The topological polar surface area (TPSA) is 93.9 Å². The van der Waals surface area contributed by atoms with Gasteiger partial charge in [-0.1, -0.05) is 35.9 Å².